The molecule has 0 unspecified atom stereocenters. The normalized spacial score (nSPS) is 20.4. The largest absolute Gasteiger partial charge is 0.481 e. The second kappa shape index (κ2) is 6.24. The third kappa shape index (κ3) is 3.26. The number of carboxylic acid groups (broad SMARTS) is 1. The van der Waals surface area contributed by atoms with Gasteiger partial charge in [-0.1, -0.05) is 29.8 Å². The first-order valence-corrected chi connectivity index (χ1v) is 7.59. The topological polar surface area (TPSA) is 92.4 Å². The Bertz CT molecular complexity index is 720. The Morgan fingerprint density at radius 2 is 2.00 bits per heavy atom. The number of benzene rings is 1. The predicted molar refractivity (Wildman–Crippen MR) is 82.9 cm³/mol. The predicted octanol–water partition coefficient (Wildman–Crippen LogP) is 2.63. The second-order valence-corrected chi connectivity index (χ2v) is 5.91. The van der Waals surface area contributed by atoms with Crippen molar-refractivity contribution in [2.75, 3.05) is 0 Å². The summed E-state index contributed by atoms with van der Waals surface area (Å²) in [6.45, 7) is 1.98. The lowest BCUT2D eigenvalue weighted by Crippen LogP contribution is -2.33. The van der Waals surface area contributed by atoms with Gasteiger partial charge in [-0.15, -0.1) is 0 Å². The minimum atomic E-state index is -0.802. The first-order valence-electron chi connectivity index (χ1n) is 7.59. The summed E-state index contributed by atoms with van der Waals surface area (Å²) in [5.74, 6) is -1.08. The van der Waals surface area contributed by atoms with E-state index in [4.69, 9.17) is 9.52 Å². The highest BCUT2D eigenvalue weighted by atomic mass is 16.4. The van der Waals surface area contributed by atoms with E-state index in [0.717, 1.165) is 11.1 Å². The summed E-state index contributed by atoms with van der Waals surface area (Å²) in [6, 6.07) is 7.50. The Morgan fingerprint density at radius 1 is 1.26 bits per heavy atom. The Hall–Kier alpha value is -2.63. The van der Waals surface area contributed by atoms with Crippen LogP contribution in [-0.4, -0.2) is 28.0 Å². The number of carbonyl (C=O) groups excluding carboxylic acids is 1. The fourth-order valence-electron chi connectivity index (χ4n) is 2.91. The van der Waals surface area contributed by atoms with Gasteiger partial charge in [-0.25, -0.2) is 4.98 Å². The average Bonchev–Trinajstić information content (AvgIpc) is 3.16. The summed E-state index contributed by atoms with van der Waals surface area (Å²) in [5.41, 5.74) is 2.13. The quantitative estimate of drug-likeness (QED) is 0.905. The van der Waals surface area contributed by atoms with Crippen LogP contribution in [0.15, 0.2) is 35.1 Å². The number of aromatic nitrogens is 1. The van der Waals surface area contributed by atoms with Crippen molar-refractivity contribution >= 4 is 11.9 Å². The van der Waals surface area contributed by atoms with E-state index >= 15 is 0 Å². The molecule has 120 valence electrons. The molecule has 3 rings (SSSR count). The van der Waals surface area contributed by atoms with E-state index in [1.165, 1.54) is 6.39 Å². The van der Waals surface area contributed by atoms with Crippen LogP contribution in [0.2, 0.25) is 0 Å². The van der Waals surface area contributed by atoms with Crippen LogP contribution in [0.5, 0.6) is 0 Å². The molecule has 0 bridgehead atoms. The number of oxazole rings is 1. The third-order valence-electron chi connectivity index (χ3n) is 4.21. The summed E-state index contributed by atoms with van der Waals surface area (Å²) >= 11 is 0. The van der Waals surface area contributed by atoms with Crippen molar-refractivity contribution < 1.29 is 19.1 Å². The van der Waals surface area contributed by atoms with Crippen LogP contribution < -0.4 is 5.32 Å². The van der Waals surface area contributed by atoms with E-state index in [1.807, 2.05) is 31.2 Å². The molecule has 0 saturated heterocycles. The lowest BCUT2D eigenvalue weighted by atomic mass is 10.1. The maximum Gasteiger partial charge on any atom is 0.306 e. The third-order valence-corrected chi connectivity index (χ3v) is 4.21. The summed E-state index contributed by atoms with van der Waals surface area (Å²) < 4.78 is 5.37. The van der Waals surface area contributed by atoms with Gasteiger partial charge in [0.05, 0.1) is 5.92 Å². The van der Waals surface area contributed by atoms with Gasteiger partial charge in [0, 0.05) is 11.6 Å². The van der Waals surface area contributed by atoms with Crippen molar-refractivity contribution in [2.45, 2.75) is 32.2 Å². The van der Waals surface area contributed by atoms with E-state index in [-0.39, 0.29) is 23.6 Å². The number of carboxylic acids is 1. The van der Waals surface area contributed by atoms with E-state index < -0.39 is 5.97 Å². The Morgan fingerprint density at radius 3 is 2.65 bits per heavy atom. The average molecular weight is 314 g/mol. The molecular formula is C17H18N2O4. The van der Waals surface area contributed by atoms with Gasteiger partial charge in [0.2, 0.25) is 0 Å². The van der Waals surface area contributed by atoms with Gasteiger partial charge in [-0.05, 0) is 26.2 Å². The lowest BCUT2D eigenvalue weighted by molar-refractivity contribution is -0.141. The molecule has 1 aromatic heterocycles. The van der Waals surface area contributed by atoms with Crippen molar-refractivity contribution in [1.29, 1.82) is 0 Å². The van der Waals surface area contributed by atoms with Crippen molar-refractivity contribution in [1.82, 2.24) is 10.3 Å². The molecule has 6 nitrogen and oxygen atoms in total. The van der Waals surface area contributed by atoms with Crippen LogP contribution in [0, 0.1) is 12.8 Å². The van der Waals surface area contributed by atoms with Crippen molar-refractivity contribution in [3.63, 3.8) is 0 Å². The monoisotopic (exact) mass is 314 g/mol. The smallest absolute Gasteiger partial charge is 0.306 e. The Labute approximate surface area is 133 Å². The van der Waals surface area contributed by atoms with Crippen LogP contribution in [0.3, 0.4) is 0 Å². The summed E-state index contributed by atoms with van der Waals surface area (Å²) in [4.78, 5) is 27.4. The molecule has 23 heavy (non-hydrogen) atoms. The minimum absolute atomic E-state index is 0.133. The number of nitrogens with one attached hydrogen (secondary N) is 1. The molecule has 0 radical (unpaired) electrons. The highest BCUT2D eigenvalue weighted by Crippen LogP contribution is 2.27. The summed E-state index contributed by atoms with van der Waals surface area (Å²) in [6.07, 6.45) is 2.96. The molecule has 1 fully saturated rings. The molecule has 1 saturated carbocycles. The van der Waals surface area contributed by atoms with Gasteiger partial charge in [0.1, 0.15) is 0 Å². The highest BCUT2D eigenvalue weighted by molar-refractivity contribution is 5.97. The molecular weight excluding hydrogens is 296 g/mol. The minimum Gasteiger partial charge on any atom is -0.481 e. The van der Waals surface area contributed by atoms with Crippen LogP contribution in [0.4, 0.5) is 0 Å². The molecule has 1 amide bonds. The number of nitrogens with zero attached hydrogens (tertiary/aromatic N) is 1. The fraction of sp³-hybridized carbons (Fsp3) is 0.353. The summed E-state index contributed by atoms with van der Waals surface area (Å²) in [7, 11) is 0. The zero-order valence-electron chi connectivity index (χ0n) is 12.8. The number of carbonyl (C=O) groups is 2. The van der Waals surface area contributed by atoms with Crippen molar-refractivity contribution in [3.8, 4) is 11.3 Å². The second-order valence-electron chi connectivity index (χ2n) is 5.91. The molecule has 2 aromatic rings. The van der Waals surface area contributed by atoms with Gasteiger partial charge in [-0.2, -0.15) is 0 Å². The van der Waals surface area contributed by atoms with E-state index in [9.17, 15) is 9.59 Å². The maximum absolute atomic E-state index is 12.4. The molecule has 1 aliphatic rings. The van der Waals surface area contributed by atoms with Crippen molar-refractivity contribution in [2.24, 2.45) is 5.92 Å². The number of rotatable bonds is 4. The maximum atomic E-state index is 12.4. The first kappa shape index (κ1) is 15.3. The lowest BCUT2D eigenvalue weighted by Gasteiger charge is -2.11. The standard InChI is InChI=1S/C17H18N2O4/c1-10-2-4-11(5-3-10)15-14(18-9-23-15)16(20)19-13-7-6-12(8-13)17(21)22/h2-5,9,12-13H,6-8H2,1H3,(H,19,20)(H,21,22)/t12-,13+/m0/s1. The zero-order chi connectivity index (χ0) is 16.4. The number of amides is 1. The Balaban J connectivity index is 1.73. The molecule has 0 spiro atoms. The van der Waals surface area contributed by atoms with Crippen LogP contribution >= 0.6 is 0 Å². The zero-order valence-corrected chi connectivity index (χ0v) is 12.8. The molecule has 2 N–H and O–H groups in total. The van der Waals surface area contributed by atoms with Gasteiger partial charge >= 0.3 is 5.97 Å². The van der Waals surface area contributed by atoms with Gasteiger partial charge in [0.25, 0.3) is 5.91 Å². The SMILES string of the molecule is Cc1ccc(-c2ocnc2C(=O)N[C@@H]2CC[C@H](C(=O)O)C2)cc1. The number of hydrogen-bond acceptors (Lipinski definition) is 4. The molecule has 1 aliphatic carbocycles. The first-order chi connectivity index (χ1) is 11.0. The highest BCUT2D eigenvalue weighted by Gasteiger charge is 2.31. The number of aliphatic carboxylic acids is 1. The van der Waals surface area contributed by atoms with Crippen LogP contribution in [-0.2, 0) is 4.79 Å². The number of aryl methyl sites for hydroxylation is 1. The van der Waals surface area contributed by atoms with E-state index in [0.29, 0.717) is 25.0 Å². The van der Waals surface area contributed by atoms with E-state index in [2.05, 4.69) is 10.3 Å². The molecule has 6 heteroatoms. The molecule has 2 atom stereocenters. The molecule has 1 aromatic carbocycles. The van der Waals surface area contributed by atoms with Crippen LogP contribution in [0.25, 0.3) is 11.3 Å². The van der Waals surface area contributed by atoms with E-state index in [1.54, 1.807) is 0 Å². The molecule has 1 heterocycles. The van der Waals surface area contributed by atoms with Gasteiger partial charge < -0.3 is 14.8 Å². The molecule has 0 aliphatic heterocycles. The summed E-state index contributed by atoms with van der Waals surface area (Å²) in [5, 5.41) is 11.9. The van der Waals surface area contributed by atoms with Gasteiger partial charge in [0.15, 0.2) is 17.8 Å². The Kier molecular flexibility index (Phi) is 4.14. The fourth-order valence-corrected chi connectivity index (χ4v) is 2.91. The van der Waals surface area contributed by atoms with Crippen LogP contribution in [0.1, 0.15) is 35.3 Å². The number of hydrogen-bond donors (Lipinski definition) is 2. The van der Waals surface area contributed by atoms with Gasteiger partial charge in [-0.3, -0.25) is 9.59 Å². The van der Waals surface area contributed by atoms with Crippen molar-refractivity contribution in [3.05, 3.63) is 41.9 Å².